The van der Waals surface area contributed by atoms with Crippen LogP contribution in [0, 0.1) is 6.92 Å². The average molecular weight is 298 g/mol. The first kappa shape index (κ1) is 16.4. The van der Waals surface area contributed by atoms with Crippen LogP contribution in [0.25, 0.3) is 0 Å². The number of aryl methyl sites for hydroxylation is 1. The van der Waals surface area contributed by atoms with Crippen molar-refractivity contribution >= 4 is 23.4 Å². The van der Waals surface area contributed by atoms with Gasteiger partial charge in [-0.3, -0.25) is 9.59 Å². The van der Waals surface area contributed by atoms with Gasteiger partial charge in [-0.05, 0) is 46.8 Å². The highest BCUT2D eigenvalue weighted by Crippen LogP contribution is 2.10. The van der Waals surface area contributed by atoms with Crippen LogP contribution >= 0.6 is 11.6 Å². The summed E-state index contributed by atoms with van der Waals surface area (Å²) in [6.07, 6.45) is 0. The highest BCUT2D eigenvalue weighted by Gasteiger charge is 2.21. The van der Waals surface area contributed by atoms with E-state index in [1.165, 1.54) is 6.07 Å². The average Bonchev–Trinajstić information content (AvgIpc) is 2.25. The Bertz CT molecular complexity index is 503. The Morgan fingerprint density at radius 2 is 1.90 bits per heavy atom. The summed E-state index contributed by atoms with van der Waals surface area (Å²) in [4.78, 5) is 27.9. The zero-order valence-corrected chi connectivity index (χ0v) is 13.1. The third-order valence-corrected chi connectivity index (χ3v) is 2.62. The Balaban J connectivity index is 2.72. The maximum absolute atomic E-state index is 12.1. The van der Waals surface area contributed by atoms with Crippen molar-refractivity contribution in [1.82, 2.24) is 15.6 Å². The van der Waals surface area contributed by atoms with Crippen LogP contribution in [0.15, 0.2) is 12.1 Å². The zero-order chi connectivity index (χ0) is 15.5. The molecule has 1 aromatic heterocycles. The van der Waals surface area contributed by atoms with E-state index in [1.54, 1.807) is 19.9 Å². The normalized spacial score (nSPS) is 12.7. The second-order valence-electron chi connectivity index (χ2n) is 5.75. The monoisotopic (exact) mass is 297 g/mol. The summed E-state index contributed by atoms with van der Waals surface area (Å²) in [5, 5.41) is 5.69. The Kier molecular flexibility index (Phi) is 5.11. The predicted molar refractivity (Wildman–Crippen MR) is 78.8 cm³/mol. The smallest absolute Gasteiger partial charge is 0.252 e. The van der Waals surface area contributed by atoms with Gasteiger partial charge >= 0.3 is 0 Å². The number of aromatic nitrogens is 1. The van der Waals surface area contributed by atoms with Gasteiger partial charge in [-0.25, -0.2) is 4.98 Å². The minimum Gasteiger partial charge on any atom is -0.350 e. The van der Waals surface area contributed by atoms with Gasteiger partial charge in [0.25, 0.3) is 5.91 Å². The van der Waals surface area contributed by atoms with Crippen LogP contribution in [-0.2, 0) is 4.79 Å². The van der Waals surface area contributed by atoms with Gasteiger partial charge in [0.1, 0.15) is 11.2 Å². The topological polar surface area (TPSA) is 71.1 Å². The van der Waals surface area contributed by atoms with Gasteiger partial charge in [0.05, 0.1) is 0 Å². The molecule has 0 fully saturated rings. The molecule has 0 aromatic carbocycles. The summed E-state index contributed by atoms with van der Waals surface area (Å²) in [5.74, 6) is -0.586. The van der Waals surface area contributed by atoms with E-state index < -0.39 is 6.04 Å². The highest BCUT2D eigenvalue weighted by molar-refractivity contribution is 6.29. The van der Waals surface area contributed by atoms with Gasteiger partial charge in [-0.15, -0.1) is 0 Å². The van der Waals surface area contributed by atoms with Gasteiger partial charge in [-0.2, -0.15) is 0 Å². The van der Waals surface area contributed by atoms with Crippen molar-refractivity contribution in [2.45, 2.75) is 46.2 Å². The molecule has 0 spiro atoms. The highest BCUT2D eigenvalue weighted by atomic mass is 35.5. The maximum atomic E-state index is 12.1. The lowest BCUT2D eigenvalue weighted by Crippen LogP contribution is -2.50. The second-order valence-corrected chi connectivity index (χ2v) is 6.14. The molecule has 20 heavy (non-hydrogen) atoms. The SMILES string of the molecule is Cc1cc(C(=O)NC(C)C(=O)NC(C)(C)C)cc(Cl)n1. The van der Waals surface area contributed by atoms with E-state index in [9.17, 15) is 9.59 Å². The zero-order valence-electron chi connectivity index (χ0n) is 12.4. The van der Waals surface area contributed by atoms with E-state index in [2.05, 4.69) is 15.6 Å². The molecular formula is C14H20ClN3O2. The fourth-order valence-corrected chi connectivity index (χ4v) is 1.83. The van der Waals surface area contributed by atoms with Crippen molar-refractivity contribution in [2.24, 2.45) is 0 Å². The number of nitrogens with zero attached hydrogens (tertiary/aromatic N) is 1. The molecule has 0 aliphatic carbocycles. The van der Waals surface area contributed by atoms with Crippen LogP contribution in [-0.4, -0.2) is 28.4 Å². The number of carbonyl (C=O) groups excluding carboxylic acids is 2. The molecule has 0 saturated heterocycles. The number of carbonyl (C=O) groups is 2. The summed E-state index contributed by atoms with van der Waals surface area (Å²) in [6, 6.07) is 2.46. The second kappa shape index (κ2) is 6.22. The molecule has 2 N–H and O–H groups in total. The number of rotatable bonds is 3. The summed E-state index contributed by atoms with van der Waals surface area (Å²) < 4.78 is 0. The van der Waals surface area contributed by atoms with E-state index in [0.717, 1.165) is 0 Å². The minimum absolute atomic E-state index is 0.234. The first-order valence-corrected chi connectivity index (χ1v) is 6.73. The molecule has 1 atom stereocenters. The summed E-state index contributed by atoms with van der Waals surface area (Å²) in [5.41, 5.74) is 0.694. The summed E-state index contributed by atoms with van der Waals surface area (Å²) >= 11 is 5.81. The molecule has 0 aliphatic heterocycles. The number of pyridine rings is 1. The number of hydrogen-bond acceptors (Lipinski definition) is 3. The van der Waals surface area contributed by atoms with Crippen molar-refractivity contribution in [3.63, 3.8) is 0 Å². The Morgan fingerprint density at radius 1 is 1.30 bits per heavy atom. The number of nitrogens with one attached hydrogen (secondary N) is 2. The van der Waals surface area contributed by atoms with Crippen molar-refractivity contribution < 1.29 is 9.59 Å². The van der Waals surface area contributed by atoms with Crippen molar-refractivity contribution in [1.29, 1.82) is 0 Å². The lowest BCUT2D eigenvalue weighted by molar-refractivity contribution is -0.124. The van der Waals surface area contributed by atoms with Gasteiger partial charge in [0, 0.05) is 16.8 Å². The molecule has 0 bridgehead atoms. The van der Waals surface area contributed by atoms with Gasteiger partial charge in [0.15, 0.2) is 0 Å². The predicted octanol–water partition coefficient (Wildman–Crippen LogP) is 2.08. The molecule has 1 aromatic rings. The Morgan fingerprint density at radius 3 is 2.40 bits per heavy atom. The van der Waals surface area contributed by atoms with Crippen LogP contribution < -0.4 is 10.6 Å². The lowest BCUT2D eigenvalue weighted by Gasteiger charge is -2.23. The molecule has 1 rings (SSSR count). The fourth-order valence-electron chi connectivity index (χ4n) is 1.58. The van der Waals surface area contributed by atoms with Crippen LogP contribution in [0.3, 0.4) is 0 Å². The number of halogens is 1. The third kappa shape index (κ3) is 5.17. The molecule has 0 aliphatic rings. The lowest BCUT2D eigenvalue weighted by atomic mass is 10.1. The molecule has 6 heteroatoms. The Hall–Kier alpha value is -1.62. The van der Waals surface area contributed by atoms with Gasteiger partial charge in [-0.1, -0.05) is 11.6 Å². The van der Waals surface area contributed by atoms with E-state index in [-0.39, 0.29) is 22.5 Å². The molecule has 110 valence electrons. The van der Waals surface area contributed by atoms with E-state index in [0.29, 0.717) is 11.3 Å². The number of amides is 2. The summed E-state index contributed by atoms with van der Waals surface area (Å²) in [7, 11) is 0. The molecule has 1 unspecified atom stereocenters. The van der Waals surface area contributed by atoms with E-state index in [1.807, 2.05) is 20.8 Å². The first-order valence-electron chi connectivity index (χ1n) is 6.35. The minimum atomic E-state index is -0.631. The van der Waals surface area contributed by atoms with Crippen molar-refractivity contribution in [3.8, 4) is 0 Å². The third-order valence-electron chi connectivity index (χ3n) is 2.42. The van der Waals surface area contributed by atoms with Crippen LogP contribution in [0.1, 0.15) is 43.7 Å². The van der Waals surface area contributed by atoms with Crippen molar-refractivity contribution in [2.75, 3.05) is 0 Å². The summed E-state index contributed by atoms with van der Waals surface area (Å²) in [6.45, 7) is 9.02. The molecule has 2 amide bonds. The van der Waals surface area contributed by atoms with E-state index in [4.69, 9.17) is 11.6 Å². The fraction of sp³-hybridized carbons (Fsp3) is 0.500. The van der Waals surface area contributed by atoms with Crippen LogP contribution in [0.5, 0.6) is 0 Å². The number of hydrogen-bond donors (Lipinski definition) is 2. The van der Waals surface area contributed by atoms with Gasteiger partial charge in [0.2, 0.25) is 5.91 Å². The standard InChI is InChI=1S/C14H20ClN3O2/c1-8-6-10(7-11(15)16-8)13(20)17-9(2)12(19)18-14(3,4)5/h6-7,9H,1-5H3,(H,17,20)(H,18,19). The molecule has 0 saturated carbocycles. The quantitative estimate of drug-likeness (QED) is 0.839. The molecule has 5 nitrogen and oxygen atoms in total. The maximum Gasteiger partial charge on any atom is 0.252 e. The molecular weight excluding hydrogens is 278 g/mol. The van der Waals surface area contributed by atoms with Crippen LogP contribution in [0.4, 0.5) is 0 Å². The molecule has 0 radical (unpaired) electrons. The van der Waals surface area contributed by atoms with Gasteiger partial charge < -0.3 is 10.6 Å². The van der Waals surface area contributed by atoms with Crippen molar-refractivity contribution in [3.05, 3.63) is 28.5 Å². The van der Waals surface area contributed by atoms with Crippen LogP contribution in [0.2, 0.25) is 5.15 Å². The van der Waals surface area contributed by atoms with E-state index >= 15 is 0 Å². The molecule has 1 heterocycles. The largest absolute Gasteiger partial charge is 0.350 e. The Labute approximate surface area is 124 Å². The first-order chi connectivity index (χ1) is 9.08.